The molecule has 6 nitrogen and oxygen atoms in total. The monoisotopic (exact) mass is 390 g/mol. The number of hydrogen-bond acceptors (Lipinski definition) is 4. The zero-order valence-electron chi connectivity index (χ0n) is 12.8. The Morgan fingerprint density at radius 1 is 1.08 bits per heavy atom. The fourth-order valence-corrected chi connectivity index (χ4v) is 2.59. The first-order chi connectivity index (χ1) is 11.4. The Hall–Kier alpha value is -2.67. The summed E-state index contributed by atoms with van der Waals surface area (Å²) in [6, 6.07) is 11.3. The minimum atomic E-state index is -1.11. The van der Waals surface area contributed by atoms with E-state index in [0.717, 1.165) is 0 Å². The molecule has 2 rings (SSSR count). The van der Waals surface area contributed by atoms with Crippen LogP contribution in [-0.4, -0.2) is 29.3 Å². The lowest BCUT2D eigenvalue weighted by atomic mass is 10.1. The van der Waals surface area contributed by atoms with Gasteiger partial charge in [0.1, 0.15) is 0 Å². The quantitative estimate of drug-likeness (QED) is 0.656. The fraction of sp³-hybridized carbons (Fsp3) is 0.118. The number of carbonyl (C=O) groups is 3. The number of rotatable bonds is 6. The van der Waals surface area contributed by atoms with E-state index in [1.165, 1.54) is 19.1 Å². The number of benzene rings is 2. The molecule has 0 saturated carbocycles. The van der Waals surface area contributed by atoms with Crippen molar-refractivity contribution in [3.05, 3.63) is 58.1 Å². The summed E-state index contributed by atoms with van der Waals surface area (Å²) in [4.78, 5) is 34.6. The molecule has 0 radical (unpaired) electrons. The van der Waals surface area contributed by atoms with E-state index in [-0.39, 0.29) is 23.6 Å². The molecule has 24 heavy (non-hydrogen) atoms. The van der Waals surface area contributed by atoms with Crippen molar-refractivity contribution in [3.8, 4) is 0 Å². The third kappa shape index (κ3) is 4.42. The highest BCUT2D eigenvalue weighted by Crippen LogP contribution is 2.21. The molecule has 0 unspecified atom stereocenters. The van der Waals surface area contributed by atoms with Gasteiger partial charge in [-0.15, -0.1) is 0 Å². The molecule has 2 aromatic carbocycles. The molecule has 0 aliphatic rings. The number of carboxylic acids is 1. The van der Waals surface area contributed by atoms with Crippen LogP contribution in [0.1, 0.15) is 27.6 Å². The molecule has 0 aliphatic carbocycles. The summed E-state index contributed by atoms with van der Waals surface area (Å²) in [6.45, 7) is 1.40. The molecule has 0 aliphatic heterocycles. The lowest BCUT2D eigenvalue weighted by Crippen LogP contribution is -2.23. The highest BCUT2D eigenvalue weighted by atomic mass is 79.9. The van der Waals surface area contributed by atoms with Crippen LogP contribution in [0.5, 0.6) is 0 Å². The topological polar surface area (TPSA) is 95.5 Å². The van der Waals surface area contributed by atoms with E-state index in [1.54, 1.807) is 30.3 Å². The second kappa shape index (κ2) is 7.74. The molecule has 7 heteroatoms. The third-order valence-electron chi connectivity index (χ3n) is 3.23. The van der Waals surface area contributed by atoms with Crippen LogP contribution in [0, 0.1) is 0 Å². The normalized spacial score (nSPS) is 10.1. The number of carboxylic acid groups (broad SMARTS) is 1. The lowest BCUT2D eigenvalue weighted by molar-refractivity contribution is -0.114. The van der Waals surface area contributed by atoms with Crippen LogP contribution in [-0.2, 0) is 4.79 Å². The molecule has 0 bridgehead atoms. The summed E-state index contributed by atoms with van der Waals surface area (Å²) < 4.78 is 0.681. The number of para-hydroxylation sites is 1. The molecule has 0 atom stereocenters. The predicted molar refractivity (Wildman–Crippen MR) is 94.7 cm³/mol. The largest absolute Gasteiger partial charge is 0.478 e. The first-order valence-electron chi connectivity index (χ1n) is 7.05. The fourth-order valence-electron chi connectivity index (χ4n) is 2.06. The molecule has 0 heterocycles. The van der Waals surface area contributed by atoms with Crippen molar-refractivity contribution >= 4 is 45.0 Å². The van der Waals surface area contributed by atoms with E-state index in [9.17, 15) is 14.4 Å². The second-order valence-corrected chi connectivity index (χ2v) is 5.86. The van der Waals surface area contributed by atoms with E-state index >= 15 is 0 Å². The zero-order chi connectivity index (χ0) is 17.7. The van der Waals surface area contributed by atoms with Crippen LogP contribution in [0.3, 0.4) is 0 Å². The second-order valence-electron chi connectivity index (χ2n) is 5.00. The van der Waals surface area contributed by atoms with E-state index in [4.69, 9.17) is 5.11 Å². The Labute approximate surface area is 147 Å². The van der Waals surface area contributed by atoms with Gasteiger partial charge in [-0.2, -0.15) is 0 Å². The third-order valence-corrected chi connectivity index (χ3v) is 3.92. The van der Waals surface area contributed by atoms with Gasteiger partial charge in [-0.3, -0.25) is 9.59 Å². The number of ketones is 1. The van der Waals surface area contributed by atoms with Crippen LogP contribution in [0.4, 0.5) is 11.4 Å². The summed E-state index contributed by atoms with van der Waals surface area (Å²) in [7, 11) is 0. The van der Waals surface area contributed by atoms with Gasteiger partial charge in [-0.1, -0.05) is 28.1 Å². The van der Waals surface area contributed by atoms with Gasteiger partial charge >= 0.3 is 5.97 Å². The Kier molecular flexibility index (Phi) is 5.70. The number of aromatic carboxylic acids is 1. The van der Waals surface area contributed by atoms with Crippen LogP contribution in [0.15, 0.2) is 46.9 Å². The molecule has 124 valence electrons. The van der Waals surface area contributed by atoms with Gasteiger partial charge in [0.2, 0.25) is 5.91 Å². The number of nitrogens with one attached hydrogen (secondary N) is 2. The molecule has 1 amide bonds. The summed E-state index contributed by atoms with van der Waals surface area (Å²) in [5.74, 6) is -1.60. The van der Waals surface area contributed by atoms with Crippen molar-refractivity contribution in [1.29, 1.82) is 0 Å². The summed E-state index contributed by atoms with van der Waals surface area (Å²) in [5, 5.41) is 14.5. The summed E-state index contributed by atoms with van der Waals surface area (Å²) in [5.41, 5.74) is 1.38. The van der Waals surface area contributed by atoms with Gasteiger partial charge < -0.3 is 15.7 Å². The lowest BCUT2D eigenvalue weighted by Gasteiger charge is -2.11. The minimum Gasteiger partial charge on any atom is -0.478 e. The molecule has 2 aromatic rings. The average molecular weight is 391 g/mol. The van der Waals surface area contributed by atoms with Crippen molar-refractivity contribution in [2.24, 2.45) is 0 Å². The number of Topliss-reactive ketones (excluding diaryl/α,β-unsaturated/α-hetero) is 1. The number of anilines is 2. The van der Waals surface area contributed by atoms with Crippen molar-refractivity contribution in [3.63, 3.8) is 0 Å². The van der Waals surface area contributed by atoms with Gasteiger partial charge in [0.15, 0.2) is 5.78 Å². The van der Waals surface area contributed by atoms with Crippen LogP contribution in [0.25, 0.3) is 0 Å². The highest BCUT2D eigenvalue weighted by molar-refractivity contribution is 9.10. The smallest absolute Gasteiger partial charge is 0.337 e. The highest BCUT2D eigenvalue weighted by Gasteiger charge is 2.12. The minimum absolute atomic E-state index is 0.0216. The van der Waals surface area contributed by atoms with Gasteiger partial charge in [0.25, 0.3) is 0 Å². The molecule has 0 fully saturated rings. The van der Waals surface area contributed by atoms with E-state index in [2.05, 4.69) is 26.6 Å². The maximum atomic E-state index is 12.0. The average Bonchev–Trinajstić information content (AvgIpc) is 2.54. The molecule has 0 spiro atoms. The summed E-state index contributed by atoms with van der Waals surface area (Å²) >= 11 is 3.29. The molecule has 3 N–H and O–H groups in total. The van der Waals surface area contributed by atoms with Crippen LogP contribution < -0.4 is 10.6 Å². The van der Waals surface area contributed by atoms with Crippen molar-refractivity contribution < 1.29 is 19.5 Å². The SMILES string of the molecule is CC(=O)c1cc(NCC(=O)Nc2ccccc2C(=O)O)ccc1Br. The van der Waals surface area contributed by atoms with Crippen LogP contribution in [0.2, 0.25) is 0 Å². The van der Waals surface area contributed by atoms with Crippen LogP contribution >= 0.6 is 15.9 Å². The summed E-state index contributed by atoms with van der Waals surface area (Å²) in [6.07, 6.45) is 0. The molecular weight excluding hydrogens is 376 g/mol. The molecule has 0 saturated heterocycles. The number of halogens is 1. The number of carbonyl (C=O) groups excluding carboxylic acids is 2. The first kappa shape index (κ1) is 17.7. The maximum Gasteiger partial charge on any atom is 0.337 e. The Balaban J connectivity index is 2.03. The molecular formula is C17H15BrN2O4. The van der Waals surface area contributed by atoms with Gasteiger partial charge in [-0.25, -0.2) is 4.79 Å². The number of hydrogen-bond donors (Lipinski definition) is 3. The van der Waals surface area contributed by atoms with E-state index < -0.39 is 11.9 Å². The Morgan fingerprint density at radius 3 is 2.46 bits per heavy atom. The predicted octanol–water partition coefficient (Wildman–Crippen LogP) is 3.40. The number of amides is 1. The van der Waals surface area contributed by atoms with E-state index in [1.807, 2.05) is 0 Å². The molecule has 0 aromatic heterocycles. The standard InChI is InChI=1S/C17H15BrN2O4/c1-10(21)13-8-11(6-7-14(13)18)19-9-16(22)20-15-5-3-2-4-12(15)17(23)24/h2-8,19H,9H2,1H3,(H,20,22)(H,23,24). The Morgan fingerprint density at radius 2 is 1.79 bits per heavy atom. The van der Waals surface area contributed by atoms with Gasteiger partial charge in [0, 0.05) is 15.7 Å². The first-order valence-corrected chi connectivity index (χ1v) is 7.84. The van der Waals surface area contributed by atoms with Crippen molar-refractivity contribution in [2.75, 3.05) is 17.2 Å². The van der Waals surface area contributed by atoms with Crippen molar-refractivity contribution in [2.45, 2.75) is 6.92 Å². The van der Waals surface area contributed by atoms with Gasteiger partial charge in [0.05, 0.1) is 17.8 Å². The maximum absolute atomic E-state index is 12.0. The Bertz CT molecular complexity index is 805. The zero-order valence-corrected chi connectivity index (χ0v) is 14.4. The van der Waals surface area contributed by atoms with E-state index in [0.29, 0.717) is 15.7 Å². The van der Waals surface area contributed by atoms with Crippen molar-refractivity contribution in [1.82, 2.24) is 0 Å². The van der Waals surface area contributed by atoms with Gasteiger partial charge in [-0.05, 0) is 37.3 Å².